The summed E-state index contributed by atoms with van der Waals surface area (Å²) in [5, 5.41) is 2.95. The number of halogens is 3. The van der Waals surface area contributed by atoms with Crippen LogP contribution in [0, 0.1) is 3.57 Å². The monoisotopic (exact) mass is 367 g/mol. The maximum absolute atomic E-state index is 5.92. The number of nitrogens with zero attached hydrogens (tertiary/aromatic N) is 1. The van der Waals surface area contributed by atoms with Crippen LogP contribution in [0.3, 0.4) is 0 Å². The van der Waals surface area contributed by atoms with E-state index in [9.17, 15) is 0 Å². The Balaban J connectivity index is 2.94. The molecule has 0 unspecified atom stereocenters. The van der Waals surface area contributed by atoms with Crippen molar-refractivity contribution in [1.29, 1.82) is 0 Å². The topological polar surface area (TPSA) is 12.9 Å². The summed E-state index contributed by atoms with van der Waals surface area (Å²) in [5.41, 5.74) is 0. The van der Waals surface area contributed by atoms with Crippen molar-refractivity contribution in [3.05, 3.63) is 37.6 Å². The minimum absolute atomic E-state index is 0.725. The Bertz CT molecular complexity index is 472. The minimum atomic E-state index is 0.725. The van der Waals surface area contributed by atoms with E-state index in [1.807, 2.05) is 24.5 Å². The SMILES string of the molecule is Clc1cc(Br)c2c(I)cncc2c1. The van der Waals surface area contributed by atoms with Gasteiger partial charge in [-0.05, 0) is 34.7 Å². The highest BCUT2D eigenvalue weighted by Gasteiger charge is 2.04. The molecule has 0 amide bonds. The van der Waals surface area contributed by atoms with Crippen LogP contribution >= 0.6 is 50.1 Å². The van der Waals surface area contributed by atoms with Gasteiger partial charge in [-0.25, -0.2) is 0 Å². The summed E-state index contributed by atoms with van der Waals surface area (Å²) >= 11 is 11.7. The molecule has 0 aliphatic carbocycles. The first-order chi connectivity index (χ1) is 6.18. The quantitative estimate of drug-likeness (QED) is 0.634. The van der Waals surface area contributed by atoms with E-state index in [2.05, 4.69) is 43.5 Å². The summed E-state index contributed by atoms with van der Waals surface area (Å²) < 4.78 is 2.14. The van der Waals surface area contributed by atoms with E-state index >= 15 is 0 Å². The molecular formula is C9H4BrClIN. The van der Waals surface area contributed by atoms with Crippen molar-refractivity contribution in [2.75, 3.05) is 0 Å². The summed E-state index contributed by atoms with van der Waals surface area (Å²) in [6.07, 6.45) is 3.65. The van der Waals surface area contributed by atoms with Gasteiger partial charge in [0.1, 0.15) is 0 Å². The predicted molar refractivity (Wildman–Crippen MR) is 67.2 cm³/mol. The molecule has 0 radical (unpaired) electrons. The van der Waals surface area contributed by atoms with Gasteiger partial charge < -0.3 is 0 Å². The lowest BCUT2D eigenvalue weighted by molar-refractivity contribution is 1.34. The molecule has 4 heteroatoms. The highest BCUT2D eigenvalue weighted by molar-refractivity contribution is 14.1. The van der Waals surface area contributed by atoms with Crippen molar-refractivity contribution in [1.82, 2.24) is 4.98 Å². The molecule has 0 N–H and O–H groups in total. The Hall–Kier alpha value is 0.130. The van der Waals surface area contributed by atoms with Gasteiger partial charge in [0.05, 0.1) is 0 Å². The molecule has 1 heterocycles. The van der Waals surface area contributed by atoms with Crippen LogP contribution in [-0.4, -0.2) is 4.98 Å². The zero-order valence-corrected chi connectivity index (χ0v) is 10.9. The van der Waals surface area contributed by atoms with Crippen molar-refractivity contribution in [3.63, 3.8) is 0 Å². The van der Waals surface area contributed by atoms with Crippen LogP contribution in [0.5, 0.6) is 0 Å². The highest BCUT2D eigenvalue weighted by atomic mass is 127. The van der Waals surface area contributed by atoms with E-state index in [-0.39, 0.29) is 0 Å². The molecule has 0 saturated carbocycles. The van der Waals surface area contributed by atoms with E-state index in [0.717, 1.165) is 18.5 Å². The fourth-order valence-corrected chi connectivity index (χ4v) is 3.38. The first kappa shape index (κ1) is 9.68. The van der Waals surface area contributed by atoms with Gasteiger partial charge in [-0.3, -0.25) is 4.98 Å². The van der Waals surface area contributed by atoms with E-state index in [1.165, 1.54) is 5.39 Å². The second kappa shape index (κ2) is 3.71. The average molecular weight is 368 g/mol. The van der Waals surface area contributed by atoms with Crippen LogP contribution < -0.4 is 0 Å². The standard InChI is InChI=1S/C9H4BrClIN/c10-7-2-6(11)1-5-3-13-4-8(12)9(5)7/h1-4H. The second-order valence-corrected chi connectivity index (χ2v) is 5.06. The van der Waals surface area contributed by atoms with Crippen LogP contribution in [0.15, 0.2) is 29.0 Å². The van der Waals surface area contributed by atoms with Crippen molar-refractivity contribution < 1.29 is 0 Å². The number of aromatic nitrogens is 1. The Kier molecular flexibility index (Phi) is 2.76. The van der Waals surface area contributed by atoms with E-state index in [1.54, 1.807) is 0 Å². The maximum atomic E-state index is 5.92. The van der Waals surface area contributed by atoms with Crippen LogP contribution in [-0.2, 0) is 0 Å². The molecule has 0 atom stereocenters. The largest absolute Gasteiger partial charge is 0.263 e. The molecule has 0 bridgehead atoms. The van der Waals surface area contributed by atoms with Crippen molar-refractivity contribution in [2.24, 2.45) is 0 Å². The van der Waals surface area contributed by atoms with Gasteiger partial charge in [0.2, 0.25) is 0 Å². The lowest BCUT2D eigenvalue weighted by atomic mass is 10.2. The fourth-order valence-electron chi connectivity index (χ4n) is 1.19. The number of pyridine rings is 1. The average Bonchev–Trinajstić information content (AvgIpc) is 2.02. The van der Waals surface area contributed by atoms with Gasteiger partial charge in [0.15, 0.2) is 0 Å². The van der Waals surface area contributed by atoms with E-state index < -0.39 is 0 Å². The van der Waals surface area contributed by atoms with Crippen molar-refractivity contribution in [3.8, 4) is 0 Å². The lowest BCUT2D eigenvalue weighted by Gasteiger charge is -2.02. The molecule has 2 rings (SSSR count). The van der Waals surface area contributed by atoms with E-state index in [4.69, 9.17) is 11.6 Å². The minimum Gasteiger partial charge on any atom is -0.263 e. The number of hydrogen-bond donors (Lipinski definition) is 0. The van der Waals surface area contributed by atoms with Crippen molar-refractivity contribution in [2.45, 2.75) is 0 Å². The fraction of sp³-hybridized carbons (Fsp3) is 0. The normalized spacial score (nSPS) is 10.7. The molecule has 0 aliphatic rings. The molecule has 1 aromatic carbocycles. The summed E-state index contributed by atoms with van der Waals surface area (Å²) in [7, 11) is 0. The van der Waals surface area contributed by atoms with Crippen LogP contribution in [0.1, 0.15) is 0 Å². The first-order valence-electron chi connectivity index (χ1n) is 3.57. The molecule has 0 saturated heterocycles. The lowest BCUT2D eigenvalue weighted by Crippen LogP contribution is -1.82. The molecular weight excluding hydrogens is 364 g/mol. The number of benzene rings is 1. The second-order valence-electron chi connectivity index (χ2n) is 2.61. The maximum Gasteiger partial charge on any atom is 0.0424 e. The number of rotatable bonds is 0. The molecule has 0 aliphatic heterocycles. The highest BCUT2D eigenvalue weighted by Crippen LogP contribution is 2.30. The molecule has 1 aromatic heterocycles. The van der Waals surface area contributed by atoms with Crippen LogP contribution in [0.4, 0.5) is 0 Å². The van der Waals surface area contributed by atoms with Gasteiger partial charge in [0, 0.05) is 36.2 Å². The van der Waals surface area contributed by atoms with Crippen molar-refractivity contribution >= 4 is 60.9 Å². The Morgan fingerprint density at radius 2 is 2.08 bits per heavy atom. The molecule has 13 heavy (non-hydrogen) atoms. The van der Waals surface area contributed by atoms with Gasteiger partial charge in [-0.2, -0.15) is 0 Å². The zero-order chi connectivity index (χ0) is 9.42. The third-order valence-corrected chi connectivity index (χ3v) is 3.39. The molecule has 2 aromatic rings. The smallest absolute Gasteiger partial charge is 0.0424 e. The Labute approximate surface area is 103 Å². The first-order valence-corrected chi connectivity index (χ1v) is 5.82. The van der Waals surface area contributed by atoms with Crippen LogP contribution in [0.25, 0.3) is 10.8 Å². The Morgan fingerprint density at radius 3 is 2.85 bits per heavy atom. The number of fused-ring (bicyclic) bond motifs is 1. The third-order valence-electron chi connectivity index (χ3n) is 1.73. The summed E-state index contributed by atoms with van der Waals surface area (Å²) in [6.45, 7) is 0. The zero-order valence-electron chi connectivity index (χ0n) is 6.39. The van der Waals surface area contributed by atoms with Gasteiger partial charge >= 0.3 is 0 Å². The van der Waals surface area contributed by atoms with Gasteiger partial charge in [-0.15, -0.1) is 0 Å². The predicted octanol–water partition coefficient (Wildman–Crippen LogP) is 4.26. The Morgan fingerprint density at radius 1 is 1.31 bits per heavy atom. The van der Waals surface area contributed by atoms with Gasteiger partial charge in [-0.1, -0.05) is 27.5 Å². The van der Waals surface area contributed by atoms with Gasteiger partial charge in [0.25, 0.3) is 0 Å². The summed E-state index contributed by atoms with van der Waals surface area (Å²) in [4.78, 5) is 4.11. The summed E-state index contributed by atoms with van der Waals surface area (Å²) in [6, 6.07) is 3.81. The third kappa shape index (κ3) is 1.82. The molecule has 0 fully saturated rings. The molecule has 66 valence electrons. The van der Waals surface area contributed by atoms with Crippen LogP contribution in [0.2, 0.25) is 5.02 Å². The molecule has 1 nitrogen and oxygen atoms in total. The number of hydrogen-bond acceptors (Lipinski definition) is 1. The van der Waals surface area contributed by atoms with E-state index in [0.29, 0.717) is 0 Å². The summed E-state index contributed by atoms with van der Waals surface area (Å²) in [5.74, 6) is 0. The molecule has 0 spiro atoms.